The van der Waals surface area contributed by atoms with Gasteiger partial charge in [-0.3, -0.25) is 0 Å². The van der Waals surface area contributed by atoms with E-state index in [-0.39, 0.29) is 0 Å². The lowest BCUT2D eigenvalue weighted by Crippen LogP contribution is -2.33. The van der Waals surface area contributed by atoms with Crippen LogP contribution >= 0.6 is 0 Å². The maximum absolute atomic E-state index is 3.63. The van der Waals surface area contributed by atoms with E-state index in [1.54, 1.807) is 11.1 Å². The van der Waals surface area contributed by atoms with E-state index in [4.69, 9.17) is 0 Å². The summed E-state index contributed by atoms with van der Waals surface area (Å²) in [6.45, 7) is 4.66. The number of hydrogen-bond donors (Lipinski definition) is 1. The predicted octanol–water partition coefficient (Wildman–Crippen LogP) is 4.91. The minimum absolute atomic E-state index is 0.653. The number of unbranched alkanes of at least 4 members (excludes halogenated alkanes) is 1. The van der Waals surface area contributed by atoms with Gasteiger partial charge in [0.15, 0.2) is 0 Å². The molecule has 0 saturated carbocycles. The summed E-state index contributed by atoms with van der Waals surface area (Å²) in [6, 6.07) is 9.71. The summed E-state index contributed by atoms with van der Waals surface area (Å²) in [5.41, 5.74) is 3.19. The molecule has 0 aromatic heterocycles. The van der Waals surface area contributed by atoms with Crippen molar-refractivity contribution >= 4 is 0 Å². The van der Waals surface area contributed by atoms with Gasteiger partial charge in [-0.1, -0.05) is 63.8 Å². The Hall–Kier alpha value is -0.820. The van der Waals surface area contributed by atoms with Crippen molar-refractivity contribution in [1.29, 1.82) is 0 Å². The van der Waals surface area contributed by atoms with Crippen molar-refractivity contribution in [3.05, 3.63) is 35.4 Å². The van der Waals surface area contributed by atoms with E-state index in [0.717, 1.165) is 11.8 Å². The molecule has 1 aliphatic rings. The van der Waals surface area contributed by atoms with Crippen molar-refractivity contribution in [2.75, 3.05) is 7.05 Å². The molecule has 1 heteroatoms. The Bertz CT molecular complexity index is 399. The molecule has 0 radical (unpaired) electrons. The van der Waals surface area contributed by atoms with E-state index in [0.29, 0.717) is 6.04 Å². The highest BCUT2D eigenvalue weighted by Crippen LogP contribution is 2.37. The molecule has 0 bridgehead atoms. The number of rotatable bonds is 8. The predicted molar refractivity (Wildman–Crippen MR) is 88.3 cm³/mol. The van der Waals surface area contributed by atoms with E-state index in [2.05, 4.69) is 50.5 Å². The average molecular weight is 273 g/mol. The van der Waals surface area contributed by atoms with Crippen LogP contribution in [0.3, 0.4) is 0 Å². The molecule has 1 aliphatic carbocycles. The Kier molecular flexibility index (Phi) is 6.09. The van der Waals surface area contributed by atoms with Crippen molar-refractivity contribution in [2.45, 2.75) is 70.8 Å². The van der Waals surface area contributed by atoms with Crippen molar-refractivity contribution in [1.82, 2.24) is 5.32 Å². The third-order valence-corrected chi connectivity index (χ3v) is 5.17. The van der Waals surface area contributed by atoms with Gasteiger partial charge in [0.2, 0.25) is 0 Å². The maximum Gasteiger partial charge on any atom is 0.0136 e. The van der Waals surface area contributed by atoms with Crippen LogP contribution in [0.1, 0.15) is 69.4 Å². The van der Waals surface area contributed by atoms with Gasteiger partial charge in [0.1, 0.15) is 0 Å². The van der Waals surface area contributed by atoms with E-state index in [1.165, 1.54) is 44.9 Å². The third kappa shape index (κ3) is 3.63. The quantitative estimate of drug-likeness (QED) is 0.709. The first kappa shape index (κ1) is 15.6. The summed E-state index contributed by atoms with van der Waals surface area (Å²) in [7, 11) is 2.15. The van der Waals surface area contributed by atoms with Gasteiger partial charge in [0, 0.05) is 6.04 Å². The molecule has 0 spiro atoms. The lowest BCUT2D eigenvalue weighted by molar-refractivity contribution is 0.327. The molecule has 1 aromatic carbocycles. The van der Waals surface area contributed by atoms with Gasteiger partial charge < -0.3 is 5.32 Å². The van der Waals surface area contributed by atoms with E-state index >= 15 is 0 Å². The summed E-state index contributed by atoms with van der Waals surface area (Å²) in [5, 5.41) is 3.63. The van der Waals surface area contributed by atoms with Crippen LogP contribution < -0.4 is 5.32 Å². The van der Waals surface area contributed by atoms with Gasteiger partial charge in [-0.2, -0.15) is 0 Å². The molecule has 0 saturated heterocycles. The molecule has 20 heavy (non-hydrogen) atoms. The van der Waals surface area contributed by atoms with Crippen LogP contribution in [-0.2, 0) is 6.42 Å². The van der Waals surface area contributed by atoms with Gasteiger partial charge in [-0.25, -0.2) is 0 Å². The molecule has 0 fully saturated rings. The van der Waals surface area contributed by atoms with Crippen molar-refractivity contribution in [2.24, 2.45) is 5.92 Å². The second-order valence-electron chi connectivity index (χ2n) is 6.39. The van der Waals surface area contributed by atoms with E-state index < -0.39 is 0 Å². The zero-order chi connectivity index (χ0) is 14.4. The van der Waals surface area contributed by atoms with Gasteiger partial charge in [-0.05, 0) is 49.3 Å². The Morgan fingerprint density at radius 2 is 2.05 bits per heavy atom. The summed E-state index contributed by atoms with van der Waals surface area (Å²) in [5.74, 6) is 1.62. The molecular formula is C19H31N. The molecule has 3 atom stereocenters. The highest BCUT2D eigenvalue weighted by molar-refractivity contribution is 5.36. The number of fused-ring (bicyclic) bond motifs is 1. The summed E-state index contributed by atoms with van der Waals surface area (Å²) >= 11 is 0. The molecule has 0 heterocycles. The summed E-state index contributed by atoms with van der Waals surface area (Å²) in [4.78, 5) is 0. The monoisotopic (exact) mass is 273 g/mol. The minimum atomic E-state index is 0.653. The zero-order valence-electron chi connectivity index (χ0n) is 13.5. The minimum Gasteiger partial charge on any atom is -0.316 e. The summed E-state index contributed by atoms with van der Waals surface area (Å²) in [6.07, 6.45) is 9.38. The first-order valence-electron chi connectivity index (χ1n) is 8.55. The highest BCUT2D eigenvalue weighted by atomic mass is 14.9. The first-order chi connectivity index (χ1) is 9.80. The van der Waals surface area contributed by atoms with Gasteiger partial charge >= 0.3 is 0 Å². The lowest BCUT2D eigenvalue weighted by atomic mass is 9.84. The molecule has 0 amide bonds. The van der Waals surface area contributed by atoms with Gasteiger partial charge in [0.05, 0.1) is 0 Å². The maximum atomic E-state index is 3.63. The van der Waals surface area contributed by atoms with Crippen molar-refractivity contribution < 1.29 is 0 Å². The lowest BCUT2D eigenvalue weighted by Gasteiger charge is -2.28. The van der Waals surface area contributed by atoms with E-state index in [9.17, 15) is 0 Å². The Morgan fingerprint density at radius 1 is 1.25 bits per heavy atom. The van der Waals surface area contributed by atoms with Crippen LogP contribution in [0.4, 0.5) is 0 Å². The Labute approximate surface area is 125 Å². The molecule has 0 aliphatic heterocycles. The molecular weight excluding hydrogens is 242 g/mol. The molecule has 1 nitrogen and oxygen atoms in total. The van der Waals surface area contributed by atoms with Crippen molar-refractivity contribution in [3.8, 4) is 0 Å². The van der Waals surface area contributed by atoms with Crippen LogP contribution in [-0.4, -0.2) is 13.1 Å². The molecule has 112 valence electrons. The van der Waals surface area contributed by atoms with Crippen LogP contribution in [0.5, 0.6) is 0 Å². The largest absolute Gasteiger partial charge is 0.316 e. The van der Waals surface area contributed by atoms with Gasteiger partial charge in [-0.15, -0.1) is 0 Å². The standard InChI is InChI=1S/C19H31N/c1-4-6-9-15(5-2)14-19(20-3)18-13-12-16-10-7-8-11-17(16)18/h7-8,10-11,15,18-20H,4-6,9,12-14H2,1-3H3. The summed E-state index contributed by atoms with van der Waals surface area (Å²) < 4.78 is 0. The number of hydrogen-bond acceptors (Lipinski definition) is 1. The van der Waals surface area contributed by atoms with Crippen molar-refractivity contribution in [3.63, 3.8) is 0 Å². The van der Waals surface area contributed by atoms with Gasteiger partial charge in [0.25, 0.3) is 0 Å². The first-order valence-corrected chi connectivity index (χ1v) is 8.55. The van der Waals surface area contributed by atoms with Crippen LogP contribution in [0.2, 0.25) is 0 Å². The zero-order valence-corrected chi connectivity index (χ0v) is 13.5. The average Bonchev–Trinajstić information content (AvgIpc) is 2.92. The molecule has 3 unspecified atom stereocenters. The van der Waals surface area contributed by atoms with Crippen LogP contribution in [0.25, 0.3) is 0 Å². The fraction of sp³-hybridized carbons (Fsp3) is 0.684. The van der Waals surface area contributed by atoms with E-state index in [1.807, 2.05) is 0 Å². The van der Waals surface area contributed by atoms with Crippen LogP contribution in [0, 0.1) is 5.92 Å². The number of aryl methyl sites for hydroxylation is 1. The molecule has 2 rings (SSSR count). The smallest absolute Gasteiger partial charge is 0.0136 e. The normalized spacial score (nSPS) is 20.6. The Morgan fingerprint density at radius 3 is 2.75 bits per heavy atom. The number of likely N-dealkylation sites (N-methyl/N-ethyl adjacent to an activating group) is 1. The number of nitrogens with one attached hydrogen (secondary N) is 1. The Balaban J connectivity index is 2.02. The second-order valence-corrected chi connectivity index (χ2v) is 6.39. The third-order valence-electron chi connectivity index (χ3n) is 5.17. The van der Waals surface area contributed by atoms with Crippen LogP contribution in [0.15, 0.2) is 24.3 Å². The fourth-order valence-electron chi connectivity index (χ4n) is 3.83. The fourth-order valence-corrected chi connectivity index (χ4v) is 3.83. The second kappa shape index (κ2) is 7.83. The molecule has 1 aromatic rings. The SMILES string of the molecule is CCCCC(CC)CC(NC)C1CCc2ccccc21. The molecule has 1 N–H and O–H groups in total. The topological polar surface area (TPSA) is 12.0 Å². The number of benzene rings is 1. The highest BCUT2D eigenvalue weighted by Gasteiger charge is 2.29.